The van der Waals surface area contributed by atoms with Crippen molar-refractivity contribution < 1.29 is 23.4 Å². The third-order valence-corrected chi connectivity index (χ3v) is 5.77. The van der Waals surface area contributed by atoms with E-state index >= 15 is 0 Å². The van der Waals surface area contributed by atoms with Gasteiger partial charge in [-0.05, 0) is 32.3 Å². The molecule has 0 radical (unpaired) electrons. The number of carbonyl (C=O) groups is 1. The van der Waals surface area contributed by atoms with Crippen LogP contribution in [-0.2, 0) is 16.6 Å². The minimum absolute atomic E-state index is 0.00649. The molecule has 2 atom stereocenters. The normalized spacial score (nSPS) is 21.6. The van der Waals surface area contributed by atoms with Crippen LogP contribution in [0.15, 0.2) is 17.2 Å². The standard InChI is InChI=1S/C13H20N2O5S/c1-3-14-8-11(6-12(14)13(17)18)21(19,20)15-5-4-10(7-15)9(2)16/h6,8-10,16H,3-5,7H2,1-2H3,(H,17,18). The summed E-state index contributed by atoms with van der Waals surface area (Å²) in [5.41, 5.74) is -0.0395. The molecule has 2 N–H and O–H groups in total. The highest BCUT2D eigenvalue weighted by Crippen LogP contribution is 2.27. The molecule has 1 aliphatic rings. The Balaban J connectivity index is 2.31. The Morgan fingerprint density at radius 2 is 2.19 bits per heavy atom. The van der Waals surface area contributed by atoms with Crippen molar-refractivity contribution in [3.63, 3.8) is 0 Å². The zero-order valence-electron chi connectivity index (χ0n) is 12.1. The van der Waals surface area contributed by atoms with Crippen LogP contribution < -0.4 is 0 Å². The Kier molecular flexibility index (Phi) is 4.40. The lowest BCUT2D eigenvalue weighted by Gasteiger charge is -2.16. The Morgan fingerprint density at radius 3 is 2.62 bits per heavy atom. The first-order chi connectivity index (χ1) is 9.77. The number of aryl methyl sites for hydroxylation is 1. The highest BCUT2D eigenvalue weighted by molar-refractivity contribution is 7.89. The first kappa shape index (κ1) is 16.0. The summed E-state index contributed by atoms with van der Waals surface area (Å²) in [6, 6.07) is 1.19. The van der Waals surface area contributed by atoms with E-state index in [9.17, 15) is 18.3 Å². The molecule has 0 aromatic carbocycles. The van der Waals surface area contributed by atoms with Gasteiger partial charge in [0.25, 0.3) is 0 Å². The lowest BCUT2D eigenvalue weighted by atomic mass is 10.0. The van der Waals surface area contributed by atoms with E-state index in [1.807, 2.05) is 0 Å². The number of aromatic nitrogens is 1. The van der Waals surface area contributed by atoms with Crippen LogP contribution in [0.1, 0.15) is 30.8 Å². The number of carboxylic acid groups (broad SMARTS) is 1. The number of hydrogen-bond donors (Lipinski definition) is 2. The summed E-state index contributed by atoms with van der Waals surface area (Å²) in [5.74, 6) is -1.23. The molecule has 0 aliphatic carbocycles. The molecular formula is C13H20N2O5S. The van der Waals surface area contributed by atoms with E-state index in [-0.39, 0.29) is 23.1 Å². The molecule has 2 unspecified atom stereocenters. The highest BCUT2D eigenvalue weighted by atomic mass is 32.2. The van der Waals surface area contributed by atoms with Crippen molar-refractivity contribution in [1.29, 1.82) is 0 Å². The first-order valence-electron chi connectivity index (χ1n) is 6.89. The molecule has 1 fully saturated rings. The van der Waals surface area contributed by atoms with Gasteiger partial charge >= 0.3 is 5.97 Å². The number of aromatic carboxylic acids is 1. The predicted molar refractivity (Wildman–Crippen MR) is 75.6 cm³/mol. The van der Waals surface area contributed by atoms with Gasteiger partial charge < -0.3 is 14.8 Å². The highest BCUT2D eigenvalue weighted by Gasteiger charge is 2.35. The van der Waals surface area contributed by atoms with Crippen LogP contribution in [-0.4, -0.2) is 52.7 Å². The smallest absolute Gasteiger partial charge is 0.352 e. The summed E-state index contributed by atoms with van der Waals surface area (Å²) in [4.78, 5) is 11.1. The maximum atomic E-state index is 12.5. The van der Waals surface area contributed by atoms with Crippen LogP contribution in [0.3, 0.4) is 0 Å². The molecule has 1 aliphatic heterocycles. The Labute approximate surface area is 123 Å². The molecule has 2 rings (SSSR count). The van der Waals surface area contributed by atoms with Crippen LogP contribution in [0.5, 0.6) is 0 Å². The van der Waals surface area contributed by atoms with Gasteiger partial charge in [-0.15, -0.1) is 0 Å². The monoisotopic (exact) mass is 316 g/mol. The van der Waals surface area contributed by atoms with Crippen molar-refractivity contribution in [2.45, 2.75) is 37.8 Å². The molecule has 21 heavy (non-hydrogen) atoms. The summed E-state index contributed by atoms with van der Waals surface area (Å²) >= 11 is 0. The van der Waals surface area contributed by atoms with Gasteiger partial charge in [-0.3, -0.25) is 0 Å². The van der Waals surface area contributed by atoms with Crippen LogP contribution >= 0.6 is 0 Å². The summed E-state index contributed by atoms with van der Waals surface area (Å²) < 4.78 is 27.8. The van der Waals surface area contributed by atoms with E-state index in [1.165, 1.54) is 21.1 Å². The molecule has 118 valence electrons. The quantitative estimate of drug-likeness (QED) is 0.828. The number of carboxylic acids is 1. The lowest BCUT2D eigenvalue weighted by Crippen LogP contribution is -2.30. The molecular weight excluding hydrogens is 296 g/mol. The average Bonchev–Trinajstić information content (AvgIpc) is 3.06. The maximum Gasteiger partial charge on any atom is 0.352 e. The van der Waals surface area contributed by atoms with E-state index in [0.717, 1.165) is 0 Å². The maximum absolute atomic E-state index is 12.5. The second-order valence-corrected chi connectivity index (χ2v) is 7.24. The zero-order chi connectivity index (χ0) is 15.8. The number of rotatable bonds is 5. The van der Waals surface area contributed by atoms with Crippen LogP contribution in [0.4, 0.5) is 0 Å². The van der Waals surface area contributed by atoms with Gasteiger partial charge in [0, 0.05) is 25.8 Å². The lowest BCUT2D eigenvalue weighted by molar-refractivity contribution is 0.0685. The van der Waals surface area contributed by atoms with E-state index < -0.39 is 22.1 Å². The van der Waals surface area contributed by atoms with Crippen molar-refractivity contribution in [2.75, 3.05) is 13.1 Å². The van der Waals surface area contributed by atoms with Gasteiger partial charge in [-0.2, -0.15) is 4.31 Å². The van der Waals surface area contributed by atoms with Gasteiger partial charge in [0.2, 0.25) is 10.0 Å². The zero-order valence-corrected chi connectivity index (χ0v) is 12.9. The van der Waals surface area contributed by atoms with Crippen LogP contribution in [0.25, 0.3) is 0 Å². The van der Waals surface area contributed by atoms with Crippen molar-refractivity contribution in [1.82, 2.24) is 8.87 Å². The summed E-state index contributed by atoms with van der Waals surface area (Å²) in [6.45, 7) is 4.39. The molecule has 0 saturated carbocycles. The average molecular weight is 316 g/mol. The third kappa shape index (κ3) is 2.97. The van der Waals surface area contributed by atoms with Gasteiger partial charge in [-0.25, -0.2) is 13.2 Å². The Morgan fingerprint density at radius 1 is 1.52 bits per heavy atom. The summed E-state index contributed by atoms with van der Waals surface area (Å²) in [7, 11) is -3.71. The number of hydrogen-bond acceptors (Lipinski definition) is 4. The first-order valence-corrected chi connectivity index (χ1v) is 8.33. The molecule has 0 amide bonds. The van der Waals surface area contributed by atoms with Gasteiger partial charge in [0.05, 0.1) is 6.10 Å². The minimum atomic E-state index is -3.71. The second kappa shape index (κ2) is 5.78. The number of aliphatic hydroxyl groups is 1. The van der Waals surface area contributed by atoms with Crippen LogP contribution in [0, 0.1) is 5.92 Å². The fourth-order valence-corrected chi connectivity index (χ4v) is 4.13. The van der Waals surface area contributed by atoms with Crippen molar-refractivity contribution in [3.8, 4) is 0 Å². The molecule has 1 aromatic rings. The van der Waals surface area contributed by atoms with E-state index in [4.69, 9.17) is 5.11 Å². The van der Waals surface area contributed by atoms with Crippen molar-refractivity contribution >= 4 is 16.0 Å². The summed E-state index contributed by atoms with van der Waals surface area (Å²) in [6.07, 6.45) is 1.41. The van der Waals surface area contributed by atoms with Gasteiger partial charge in [0.15, 0.2) is 0 Å². The van der Waals surface area contributed by atoms with E-state index in [2.05, 4.69) is 0 Å². The van der Waals surface area contributed by atoms with Crippen molar-refractivity contribution in [3.05, 3.63) is 18.0 Å². The molecule has 0 spiro atoms. The second-order valence-electron chi connectivity index (χ2n) is 5.30. The fourth-order valence-electron chi connectivity index (χ4n) is 2.58. The van der Waals surface area contributed by atoms with Crippen LogP contribution in [0.2, 0.25) is 0 Å². The Hall–Kier alpha value is -1.38. The number of aliphatic hydroxyl groups excluding tert-OH is 1. The fraction of sp³-hybridized carbons (Fsp3) is 0.615. The van der Waals surface area contributed by atoms with E-state index in [0.29, 0.717) is 19.5 Å². The SMILES string of the molecule is CCn1cc(S(=O)(=O)N2CCC(C(C)O)C2)cc1C(=O)O. The van der Waals surface area contributed by atoms with Crippen molar-refractivity contribution in [2.24, 2.45) is 5.92 Å². The number of nitrogens with zero attached hydrogens (tertiary/aromatic N) is 2. The predicted octanol–water partition coefficient (Wildman–Crippen LogP) is 0.598. The molecule has 8 heteroatoms. The van der Waals surface area contributed by atoms with Gasteiger partial charge in [-0.1, -0.05) is 0 Å². The molecule has 2 heterocycles. The summed E-state index contributed by atoms with van der Waals surface area (Å²) in [5, 5.41) is 18.7. The number of sulfonamides is 1. The van der Waals surface area contributed by atoms with Gasteiger partial charge in [0.1, 0.15) is 10.6 Å². The third-order valence-electron chi connectivity index (χ3n) is 3.94. The topological polar surface area (TPSA) is 99.8 Å². The minimum Gasteiger partial charge on any atom is -0.477 e. The molecule has 0 bridgehead atoms. The molecule has 7 nitrogen and oxygen atoms in total. The Bertz CT molecular complexity index is 635. The largest absolute Gasteiger partial charge is 0.477 e. The molecule has 1 aromatic heterocycles. The molecule has 1 saturated heterocycles. The van der Waals surface area contributed by atoms with E-state index in [1.54, 1.807) is 13.8 Å².